The highest BCUT2D eigenvalue weighted by Crippen LogP contribution is 2.08. The monoisotopic (exact) mass is 230 g/mol. The van der Waals surface area contributed by atoms with Crippen LogP contribution in [-0.4, -0.2) is 51.5 Å². The Morgan fingerprint density at radius 1 is 1.62 bits per heavy atom. The molecule has 0 radical (unpaired) electrons. The number of nitrogens with one attached hydrogen (secondary N) is 2. The van der Waals surface area contributed by atoms with Crippen molar-refractivity contribution in [3.8, 4) is 0 Å². The second kappa shape index (κ2) is 7.60. The predicted octanol–water partition coefficient (Wildman–Crippen LogP) is -0.0939. The van der Waals surface area contributed by atoms with Gasteiger partial charge >= 0.3 is 0 Å². The molecule has 5 heteroatoms. The van der Waals surface area contributed by atoms with Gasteiger partial charge in [-0.15, -0.1) is 0 Å². The van der Waals surface area contributed by atoms with E-state index in [2.05, 4.69) is 10.6 Å². The molecule has 0 aromatic carbocycles. The summed E-state index contributed by atoms with van der Waals surface area (Å²) in [5.74, 6) is -0.0670. The molecule has 1 saturated heterocycles. The lowest BCUT2D eigenvalue weighted by Gasteiger charge is -2.25. The molecule has 1 fully saturated rings. The molecule has 1 aliphatic rings. The van der Waals surface area contributed by atoms with Crippen LogP contribution in [0.4, 0.5) is 0 Å². The number of carbonyl (C=O) groups is 1. The van der Waals surface area contributed by atoms with E-state index in [0.29, 0.717) is 13.2 Å². The zero-order valence-corrected chi connectivity index (χ0v) is 10.1. The summed E-state index contributed by atoms with van der Waals surface area (Å²) in [5.41, 5.74) is 0. The average Bonchev–Trinajstić information content (AvgIpc) is 2.30. The minimum atomic E-state index is -0.387. The summed E-state index contributed by atoms with van der Waals surface area (Å²) < 4.78 is 10.5. The van der Waals surface area contributed by atoms with Crippen molar-refractivity contribution in [2.75, 3.05) is 33.4 Å². The maximum Gasteiger partial charge on any atom is 0.248 e. The SMILES string of the molecule is COCCNC(=O)C(C)OC1CCCNC1. The van der Waals surface area contributed by atoms with Crippen molar-refractivity contribution in [1.82, 2.24) is 10.6 Å². The third-order valence-corrected chi connectivity index (χ3v) is 2.62. The summed E-state index contributed by atoms with van der Waals surface area (Å²) in [6, 6.07) is 0. The van der Waals surface area contributed by atoms with Crippen LogP contribution in [-0.2, 0) is 14.3 Å². The van der Waals surface area contributed by atoms with Gasteiger partial charge in [0.15, 0.2) is 0 Å². The average molecular weight is 230 g/mol. The first-order valence-corrected chi connectivity index (χ1v) is 5.87. The highest BCUT2D eigenvalue weighted by Gasteiger charge is 2.20. The predicted molar refractivity (Wildman–Crippen MR) is 61.3 cm³/mol. The summed E-state index contributed by atoms with van der Waals surface area (Å²) in [6.07, 6.45) is 1.92. The molecule has 0 spiro atoms. The molecule has 2 atom stereocenters. The summed E-state index contributed by atoms with van der Waals surface area (Å²) in [7, 11) is 1.61. The fourth-order valence-corrected chi connectivity index (χ4v) is 1.71. The molecule has 0 aromatic heterocycles. The van der Waals surface area contributed by atoms with Gasteiger partial charge in [0, 0.05) is 20.2 Å². The van der Waals surface area contributed by atoms with Gasteiger partial charge < -0.3 is 20.1 Å². The minimum absolute atomic E-state index is 0.0670. The first kappa shape index (κ1) is 13.4. The molecule has 5 nitrogen and oxygen atoms in total. The Morgan fingerprint density at radius 3 is 3.06 bits per heavy atom. The van der Waals surface area contributed by atoms with Gasteiger partial charge in [-0.25, -0.2) is 0 Å². The van der Waals surface area contributed by atoms with Crippen LogP contribution in [0.3, 0.4) is 0 Å². The van der Waals surface area contributed by atoms with Gasteiger partial charge in [0.05, 0.1) is 12.7 Å². The number of ether oxygens (including phenoxy) is 2. The van der Waals surface area contributed by atoms with Crippen LogP contribution in [0.15, 0.2) is 0 Å². The number of rotatable bonds is 6. The Hall–Kier alpha value is -0.650. The van der Waals surface area contributed by atoms with E-state index in [1.807, 2.05) is 0 Å². The van der Waals surface area contributed by atoms with Crippen LogP contribution < -0.4 is 10.6 Å². The van der Waals surface area contributed by atoms with E-state index in [0.717, 1.165) is 25.9 Å². The van der Waals surface area contributed by atoms with Crippen LogP contribution in [0.25, 0.3) is 0 Å². The normalized spacial score (nSPS) is 22.8. The van der Waals surface area contributed by atoms with Crippen LogP contribution in [0.1, 0.15) is 19.8 Å². The zero-order valence-electron chi connectivity index (χ0n) is 10.1. The van der Waals surface area contributed by atoms with Crippen molar-refractivity contribution in [1.29, 1.82) is 0 Å². The molecule has 1 amide bonds. The summed E-state index contributed by atoms with van der Waals surface area (Å²) >= 11 is 0. The lowest BCUT2D eigenvalue weighted by atomic mass is 10.1. The molecule has 0 bridgehead atoms. The standard InChI is InChI=1S/C11H22N2O3/c1-9(11(14)13-6-7-15-2)16-10-4-3-5-12-8-10/h9-10,12H,3-8H2,1-2H3,(H,13,14). The van der Waals surface area contributed by atoms with Gasteiger partial charge in [-0.05, 0) is 26.3 Å². The van der Waals surface area contributed by atoms with Crippen molar-refractivity contribution >= 4 is 5.91 Å². The molecule has 0 aromatic rings. The molecule has 0 aliphatic carbocycles. The van der Waals surface area contributed by atoms with Gasteiger partial charge in [0.25, 0.3) is 0 Å². The van der Waals surface area contributed by atoms with Gasteiger partial charge in [-0.1, -0.05) is 0 Å². The van der Waals surface area contributed by atoms with Crippen molar-refractivity contribution < 1.29 is 14.3 Å². The number of amides is 1. The van der Waals surface area contributed by atoms with Gasteiger partial charge in [0.2, 0.25) is 5.91 Å². The van der Waals surface area contributed by atoms with Crippen molar-refractivity contribution in [2.24, 2.45) is 0 Å². The fourth-order valence-electron chi connectivity index (χ4n) is 1.71. The van der Waals surface area contributed by atoms with Gasteiger partial charge in [-0.2, -0.15) is 0 Å². The van der Waals surface area contributed by atoms with E-state index in [1.54, 1.807) is 14.0 Å². The molecular weight excluding hydrogens is 208 g/mol. The van der Waals surface area contributed by atoms with E-state index < -0.39 is 0 Å². The second-order valence-corrected chi connectivity index (χ2v) is 4.03. The molecule has 1 heterocycles. The Morgan fingerprint density at radius 2 is 2.44 bits per heavy atom. The molecule has 1 rings (SSSR count). The van der Waals surface area contributed by atoms with Crippen LogP contribution in [0.2, 0.25) is 0 Å². The van der Waals surface area contributed by atoms with Crippen molar-refractivity contribution in [3.05, 3.63) is 0 Å². The third kappa shape index (κ3) is 4.92. The minimum Gasteiger partial charge on any atom is -0.383 e. The van der Waals surface area contributed by atoms with E-state index in [4.69, 9.17) is 9.47 Å². The van der Waals surface area contributed by atoms with E-state index >= 15 is 0 Å². The summed E-state index contributed by atoms with van der Waals surface area (Å²) in [6.45, 7) is 4.75. The fraction of sp³-hybridized carbons (Fsp3) is 0.909. The highest BCUT2D eigenvalue weighted by atomic mass is 16.5. The first-order chi connectivity index (χ1) is 7.74. The van der Waals surface area contributed by atoms with Gasteiger partial charge in [-0.3, -0.25) is 4.79 Å². The van der Waals surface area contributed by atoms with Crippen LogP contribution in [0, 0.1) is 0 Å². The lowest BCUT2D eigenvalue weighted by molar-refractivity contribution is -0.136. The van der Waals surface area contributed by atoms with E-state index in [9.17, 15) is 4.79 Å². The Bertz CT molecular complexity index is 205. The lowest BCUT2D eigenvalue weighted by Crippen LogP contribution is -2.42. The first-order valence-electron chi connectivity index (χ1n) is 5.87. The van der Waals surface area contributed by atoms with Gasteiger partial charge in [0.1, 0.15) is 6.10 Å². The summed E-state index contributed by atoms with van der Waals surface area (Å²) in [4.78, 5) is 11.6. The number of carbonyl (C=O) groups excluding carboxylic acids is 1. The van der Waals surface area contributed by atoms with Crippen LogP contribution in [0.5, 0.6) is 0 Å². The van der Waals surface area contributed by atoms with E-state index in [-0.39, 0.29) is 18.1 Å². The molecular formula is C11H22N2O3. The maximum absolute atomic E-state index is 11.6. The van der Waals surface area contributed by atoms with Crippen LogP contribution >= 0.6 is 0 Å². The quantitative estimate of drug-likeness (QED) is 0.626. The molecule has 2 N–H and O–H groups in total. The third-order valence-electron chi connectivity index (χ3n) is 2.62. The highest BCUT2D eigenvalue weighted by molar-refractivity contribution is 5.80. The summed E-state index contributed by atoms with van der Waals surface area (Å²) in [5, 5.41) is 6.02. The molecule has 94 valence electrons. The van der Waals surface area contributed by atoms with Crippen molar-refractivity contribution in [3.63, 3.8) is 0 Å². The van der Waals surface area contributed by atoms with Crippen molar-refractivity contribution in [2.45, 2.75) is 32.0 Å². The topological polar surface area (TPSA) is 59.6 Å². The number of hydrogen-bond donors (Lipinski definition) is 2. The Kier molecular flexibility index (Phi) is 6.37. The Balaban J connectivity index is 2.16. The maximum atomic E-state index is 11.6. The molecule has 0 saturated carbocycles. The molecule has 1 aliphatic heterocycles. The number of methoxy groups -OCH3 is 1. The zero-order chi connectivity index (χ0) is 11.8. The largest absolute Gasteiger partial charge is 0.383 e. The molecule has 16 heavy (non-hydrogen) atoms. The molecule has 2 unspecified atom stereocenters. The Labute approximate surface area is 96.9 Å². The second-order valence-electron chi connectivity index (χ2n) is 4.03. The van der Waals surface area contributed by atoms with E-state index in [1.165, 1.54) is 0 Å². The smallest absolute Gasteiger partial charge is 0.248 e. The number of hydrogen-bond acceptors (Lipinski definition) is 4. The number of piperidine rings is 1.